The first kappa shape index (κ1) is 12.5. The van der Waals surface area contributed by atoms with Crippen LogP contribution in [-0.4, -0.2) is 23.0 Å². The Labute approximate surface area is 107 Å². The lowest BCUT2D eigenvalue weighted by atomic mass is 10.1. The van der Waals surface area contributed by atoms with Crippen molar-refractivity contribution in [3.05, 3.63) is 36.0 Å². The third-order valence-corrected chi connectivity index (χ3v) is 3.85. The van der Waals surface area contributed by atoms with Crippen LogP contribution in [0.2, 0.25) is 0 Å². The molecule has 0 aliphatic rings. The van der Waals surface area contributed by atoms with Crippen molar-refractivity contribution in [3.63, 3.8) is 0 Å². The molecule has 17 heavy (non-hydrogen) atoms. The second-order valence-electron chi connectivity index (χ2n) is 4.30. The number of aromatic nitrogens is 1. The number of nitrogens with one attached hydrogen (secondary N) is 2. The molecule has 0 bridgehead atoms. The molecule has 1 aromatic heterocycles. The largest absolute Gasteiger partial charge is 0.361 e. The molecule has 0 spiro atoms. The second kappa shape index (κ2) is 6.12. The molecule has 2 N–H and O–H groups in total. The number of benzene rings is 1. The topological polar surface area (TPSA) is 27.8 Å². The van der Waals surface area contributed by atoms with E-state index in [1.807, 2.05) is 11.8 Å². The van der Waals surface area contributed by atoms with Gasteiger partial charge in [-0.05, 0) is 24.3 Å². The minimum atomic E-state index is 0.610. The van der Waals surface area contributed by atoms with E-state index in [9.17, 15) is 0 Å². The van der Waals surface area contributed by atoms with Crippen molar-refractivity contribution in [1.29, 1.82) is 0 Å². The van der Waals surface area contributed by atoms with Gasteiger partial charge in [-0.25, -0.2) is 0 Å². The van der Waals surface area contributed by atoms with Crippen LogP contribution in [0.25, 0.3) is 10.9 Å². The van der Waals surface area contributed by atoms with Gasteiger partial charge in [0.1, 0.15) is 0 Å². The molecule has 0 saturated carbocycles. The van der Waals surface area contributed by atoms with Crippen molar-refractivity contribution in [2.75, 3.05) is 12.0 Å². The minimum Gasteiger partial charge on any atom is -0.361 e. The third kappa shape index (κ3) is 3.05. The predicted molar refractivity (Wildman–Crippen MR) is 77.6 cm³/mol. The summed E-state index contributed by atoms with van der Waals surface area (Å²) in [5.74, 6) is 1.18. The molecule has 0 aliphatic heterocycles. The van der Waals surface area contributed by atoms with Crippen LogP contribution in [0.4, 0.5) is 0 Å². The van der Waals surface area contributed by atoms with Crippen molar-refractivity contribution in [2.45, 2.75) is 25.9 Å². The molecular formula is C14H20N2S. The maximum atomic E-state index is 3.62. The van der Waals surface area contributed by atoms with E-state index < -0.39 is 0 Å². The van der Waals surface area contributed by atoms with E-state index in [4.69, 9.17) is 0 Å². The fourth-order valence-corrected chi connectivity index (χ4v) is 2.81. The van der Waals surface area contributed by atoms with Crippen LogP contribution in [0, 0.1) is 0 Å². The summed E-state index contributed by atoms with van der Waals surface area (Å²) < 4.78 is 0. The fourth-order valence-electron chi connectivity index (χ4n) is 2.05. The summed E-state index contributed by atoms with van der Waals surface area (Å²) in [6.07, 6.45) is 5.46. The Hall–Kier alpha value is -0.930. The van der Waals surface area contributed by atoms with Gasteiger partial charge >= 0.3 is 0 Å². The first-order chi connectivity index (χ1) is 8.35. The number of thioether (sulfide) groups is 1. The van der Waals surface area contributed by atoms with Gasteiger partial charge < -0.3 is 10.3 Å². The molecule has 2 aromatic rings. The highest BCUT2D eigenvalue weighted by atomic mass is 32.2. The molecule has 0 radical (unpaired) electrons. The molecular weight excluding hydrogens is 228 g/mol. The van der Waals surface area contributed by atoms with Gasteiger partial charge in [0.2, 0.25) is 0 Å². The summed E-state index contributed by atoms with van der Waals surface area (Å²) in [7, 11) is 0. The zero-order chi connectivity index (χ0) is 12.1. The lowest BCUT2D eigenvalue weighted by Gasteiger charge is -2.15. The number of aromatic amines is 1. The first-order valence-electron chi connectivity index (χ1n) is 6.12. The predicted octanol–water partition coefficient (Wildman–Crippen LogP) is 3.40. The molecule has 2 rings (SSSR count). The molecule has 1 aromatic carbocycles. The normalized spacial score (nSPS) is 13.1. The number of hydrogen-bond acceptors (Lipinski definition) is 2. The van der Waals surface area contributed by atoms with Crippen LogP contribution >= 0.6 is 11.8 Å². The molecule has 1 heterocycles. The molecule has 1 unspecified atom stereocenters. The van der Waals surface area contributed by atoms with Gasteiger partial charge in [-0.2, -0.15) is 11.8 Å². The average molecular weight is 248 g/mol. The van der Waals surface area contributed by atoms with Crippen molar-refractivity contribution in [1.82, 2.24) is 10.3 Å². The minimum absolute atomic E-state index is 0.610. The Balaban J connectivity index is 2.03. The van der Waals surface area contributed by atoms with Crippen molar-refractivity contribution in [2.24, 2.45) is 0 Å². The second-order valence-corrected chi connectivity index (χ2v) is 5.21. The van der Waals surface area contributed by atoms with Gasteiger partial charge in [0.25, 0.3) is 0 Å². The highest BCUT2D eigenvalue weighted by Gasteiger charge is 2.07. The zero-order valence-corrected chi connectivity index (χ0v) is 11.3. The van der Waals surface area contributed by atoms with E-state index in [1.165, 1.54) is 28.6 Å². The van der Waals surface area contributed by atoms with Gasteiger partial charge in [0, 0.05) is 35.4 Å². The summed E-state index contributed by atoms with van der Waals surface area (Å²) in [5.41, 5.74) is 2.59. The Morgan fingerprint density at radius 1 is 1.35 bits per heavy atom. The summed E-state index contributed by atoms with van der Waals surface area (Å²) >= 11 is 1.90. The van der Waals surface area contributed by atoms with Crippen molar-refractivity contribution < 1.29 is 0 Å². The lowest BCUT2D eigenvalue weighted by molar-refractivity contribution is 0.542. The van der Waals surface area contributed by atoms with Crippen molar-refractivity contribution >= 4 is 22.7 Å². The molecule has 0 fully saturated rings. The number of H-pyrrole nitrogens is 1. The SMILES string of the molecule is CCC(CSC)NCc1c[nH]c2ccccc12. The molecule has 2 nitrogen and oxygen atoms in total. The van der Waals surface area contributed by atoms with E-state index in [2.05, 4.69) is 53.9 Å². The molecule has 3 heteroatoms. The molecule has 92 valence electrons. The van der Waals surface area contributed by atoms with E-state index in [0.717, 1.165) is 6.54 Å². The Kier molecular flexibility index (Phi) is 4.51. The third-order valence-electron chi connectivity index (χ3n) is 3.12. The van der Waals surface area contributed by atoms with E-state index >= 15 is 0 Å². The summed E-state index contributed by atoms with van der Waals surface area (Å²) in [6, 6.07) is 9.08. The Bertz CT molecular complexity index is 464. The van der Waals surface area contributed by atoms with Gasteiger partial charge in [-0.15, -0.1) is 0 Å². The summed E-state index contributed by atoms with van der Waals surface area (Å²) in [4.78, 5) is 3.32. The highest BCUT2D eigenvalue weighted by molar-refractivity contribution is 7.98. The fraction of sp³-hybridized carbons (Fsp3) is 0.429. The van der Waals surface area contributed by atoms with E-state index in [0.29, 0.717) is 6.04 Å². The number of rotatable bonds is 6. The maximum absolute atomic E-state index is 3.62. The summed E-state index contributed by atoms with van der Waals surface area (Å²) in [5, 5.41) is 4.96. The molecule has 0 saturated heterocycles. The zero-order valence-electron chi connectivity index (χ0n) is 10.5. The lowest BCUT2D eigenvalue weighted by Crippen LogP contribution is -2.29. The van der Waals surface area contributed by atoms with Crippen LogP contribution in [-0.2, 0) is 6.54 Å². The highest BCUT2D eigenvalue weighted by Crippen LogP contribution is 2.17. The van der Waals surface area contributed by atoms with Crippen LogP contribution in [0.5, 0.6) is 0 Å². The van der Waals surface area contributed by atoms with Crippen LogP contribution < -0.4 is 5.32 Å². The number of fused-ring (bicyclic) bond motifs is 1. The smallest absolute Gasteiger partial charge is 0.0457 e. The van der Waals surface area contributed by atoms with Gasteiger partial charge in [0.15, 0.2) is 0 Å². The van der Waals surface area contributed by atoms with Crippen LogP contribution in [0.15, 0.2) is 30.5 Å². The van der Waals surface area contributed by atoms with Gasteiger partial charge in [-0.3, -0.25) is 0 Å². The Morgan fingerprint density at radius 3 is 2.94 bits per heavy atom. The number of hydrogen-bond donors (Lipinski definition) is 2. The average Bonchev–Trinajstić information content (AvgIpc) is 2.78. The molecule has 0 aliphatic carbocycles. The van der Waals surface area contributed by atoms with Crippen LogP contribution in [0.1, 0.15) is 18.9 Å². The van der Waals surface area contributed by atoms with E-state index in [1.54, 1.807) is 0 Å². The molecule has 1 atom stereocenters. The monoisotopic (exact) mass is 248 g/mol. The quantitative estimate of drug-likeness (QED) is 0.820. The Morgan fingerprint density at radius 2 is 2.18 bits per heavy atom. The van der Waals surface area contributed by atoms with Crippen molar-refractivity contribution in [3.8, 4) is 0 Å². The summed E-state index contributed by atoms with van der Waals surface area (Å²) in [6.45, 7) is 3.19. The standard InChI is InChI=1S/C14H20N2S/c1-3-12(10-17-2)15-8-11-9-16-14-7-5-4-6-13(11)14/h4-7,9,12,15-16H,3,8,10H2,1-2H3. The number of para-hydroxylation sites is 1. The molecule has 0 amide bonds. The maximum Gasteiger partial charge on any atom is 0.0457 e. The van der Waals surface area contributed by atoms with E-state index in [-0.39, 0.29) is 0 Å². The van der Waals surface area contributed by atoms with Gasteiger partial charge in [-0.1, -0.05) is 25.1 Å². The van der Waals surface area contributed by atoms with Gasteiger partial charge in [0.05, 0.1) is 0 Å². The first-order valence-corrected chi connectivity index (χ1v) is 7.51. The van der Waals surface area contributed by atoms with Crippen LogP contribution in [0.3, 0.4) is 0 Å².